The standard InChI is InChI=1S/C41H69N15O10/c1-23(43)33(59)54-29(21-25-11-4-3-5-12-25)36(62)55-32(24(2)57)37(63)53-27(14-8-18-48-40(44)45)35(61)52-26(13-6-7-17-42)34(60)50-22-31(58)51-28(15-9-19-49-41(46)47)38(64)56-20-10-16-30(56)39(65)66/h3-5,11-12,23-24,26-30,32,57H,6-10,13-22,42-43H2,1-2H3,(H,50,60)(H,51,58)(H,52,61)(H,53,63)(H,54,59)(H,55,62)(H,65,66)(H4,44,45,48)(H4,46,47,49)/t23-,24+,26-,27-,28-,29-,30-,32-/m0/s1. The van der Waals surface area contributed by atoms with E-state index in [1.165, 1.54) is 18.7 Å². The Morgan fingerprint density at radius 3 is 1.82 bits per heavy atom. The minimum absolute atomic E-state index is 0.00952. The molecule has 0 saturated carbocycles. The number of amides is 7. The van der Waals surface area contributed by atoms with E-state index in [9.17, 15) is 48.6 Å². The summed E-state index contributed by atoms with van der Waals surface area (Å²) in [5.74, 6) is -7.09. The smallest absolute Gasteiger partial charge is 0.326 e. The first-order valence-corrected chi connectivity index (χ1v) is 21.9. The number of likely N-dealkylation sites (tertiary alicyclic amines) is 1. The number of aliphatic hydroxyl groups is 1. The van der Waals surface area contributed by atoms with Gasteiger partial charge in [-0.25, -0.2) is 4.79 Å². The SMILES string of the molecule is C[C@H](N)C(=O)N[C@@H](Cc1ccccc1)C(=O)N[C@H](C(=O)N[C@@H](CCCN=C(N)N)C(=O)N[C@@H](CCCCN)C(=O)NCC(=O)N[C@@H](CCCN=C(N)N)C(=O)N1CCC[C@H]1C(=O)O)[C@@H](C)O. The fourth-order valence-corrected chi connectivity index (χ4v) is 6.87. The van der Waals surface area contributed by atoms with Gasteiger partial charge in [-0.2, -0.15) is 0 Å². The largest absolute Gasteiger partial charge is 0.480 e. The Hall–Kier alpha value is -6.60. The maximum atomic E-state index is 14.0. The Bertz CT molecular complexity index is 1840. The van der Waals surface area contributed by atoms with Crippen molar-refractivity contribution in [2.75, 3.05) is 32.7 Å². The number of hydrogen-bond acceptors (Lipinski definition) is 13. The molecule has 1 fully saturated rings. The lowest BCUT2D eigenvalue weighted by atomic mass is 10.0. The number of benzene rings is 1. The first-order valence-electron chi connectivity index (χ1n) is 21.9. The summed E-state index contributed by atoms with van der Waals surface area (Å²) < 4.78 is 0. The van der Waals surface area contributed by atoms with Crippen LogP contribution in [0.2, 0.25) is 0 Å². The fraction of sp³-hybridized carbons (Fsp3) is 0.610. The van der Waals surface area contributed by atoms with Crippen molar-refractivity contribution in [1.82, 2.24) is 36.8 Å². The summed E-state index contributed by atoms with van der Waals surface area (Å²) in [6, 6.07) is -0.0233. The van der Waals surface area contributed by atoms with Crippen molar-refractivity contribution in [3.05, 3.63) is 35.9 Å². The van der Waals surface area contributed by atoms with Crippen LogP contribution >= 0.6 is 0 Å². The second kappa shape index (κ2) is 29.0. The van der Waals surface area contributed by atoms with Crippen LogP contribution in [0.3, 0.4) is 0 Å². The number of carboxylic acids is 1. The predicted molar refractivity (Wildman–Crippen MR) is 243 cm³/mol. The van der Waals surface area contributed by atoms with E-state index in [1.807, 2.05) is 0 Å². The first-order chi connectivity index (χ1) is 31.2. The highest BCUT2D eigenvalue weighted by Gasteiger charge is 2.38. The van der Waals surface area contributed by atoms with Gasteiger partial charge in [0.25, 0.3) is 0 Å². The van der Waals surface area contributed by atoms with Crippen LogP contribution in [0.5, 0.6) is 0 Å². The zero-order valence-corrected chi connectivity index (χ0v) is 37.6. The van der Waals surface area contributed by atoms with Gasteiger partial charge in [0.15, 0.2) is 11.9 Å². The lowest BCUT2D eigenvalue weighted by molar-refractivity contribution is -0.149. The summed E-state index contributed by atoms with van der Waals surface area (Å²) in [6.45, 7) is 2.62. The highest BCUT2D eigenvalue weighted by molar-refractivity contribution is 5.97. The molecule has 8 atom stereocenters. The van der Waals surface area contributed by atoms with Crippen LogP contribution in [0.4, 0.5) is 0 Å². The molecular weight excluding hydrogens is 863 g/mol. The van der Waals surface area contributed by atoms with E-state index in [0.29, 0.717) is 24.8 Å². The number of aliphatic imine (C=N–C) groups is 2. The Balaban J connectivity index is 2.29. The Morgan fingerprint density at radius 1 is 0.712 bits per heavy atom. The van der Waals surface area contributed by atoms with Crippen LogP contribution in [0.1, 0.15) is 77.2 Å². The number of aliphatic carboxylic acids is 1. The van der Waals surface area contributed by atoms with Gasteiger partial charge < -0.3 is 81.4 Å². The van der Waals surface area contributed by atoms with E-state index < -0.39 is 102 Å². The average molecular weight is 932 g/mol. The molecule has 0 aliphatic carbocycles. The van der Waals surface area contributed by atoms with E-state index in [2.05, 4.69) is 41.9 Å². The maximum absolute atomic E-state index is 14.0. The van der Waals surface area contributed by atoms with Crippen molar-refractivity contribution in [3.63, 3.8) is 0 Å². The number of unbranched alkanes of at least 4 members (excludes halogenated alkanes) is 1. The molecule has 1 aliphatic rings. The third kappa shape index (κ3) is 20.1. The quantitative estimate of drug-likeness (QED) is 0.0203. The molecule has 20 N–H and O–H groups in total. The van der Waals surface area contributed by atoms with Gasteiger partial charge in [0.1, 0.15) is 36.3 Å². The number of carboxylic acid groups (broad SMARTS) is 1. The van der Waals surface area contributed by atoms with Crippen molar-refractivity contribution in [2.24, 2.45) is 44.4 Å². The van der Waals surface area contributed by atoms with E-state index in [1.54, 1.807) is 30.3 Å². The monoisotopic (exact) mass is 932 g/mol. The number of aliphatic hydroxyl groups excluding tert-OH is 1. The number of nitrogens with two attached hydrogens (primary N) is 6. The normalized spacial score (nSPS) is 16.4. The summed E-state index contributed by atoms with van der Waals surface area (Å²) in [6.07, 6.45) is 0.406. The highest BCUT2D eigenvalue weighted by Crippen LogP contribution is 2.20. The zero-order valence-electron chi connectivity index (χ0n) is 37.6. The van der Waals surface area contributed by atoms with Crippen LogP contribution in [0.25, 0.3) is 0 Å². The summed E-state index contributed by atoms with van der Waals surface area (Å²) in [4.78, 5) is 115. The highest BCUT2D eigenvalue weighted by atomic mass is 16.4. The van der Waals surface area contributed by atoms with Gasteiger partial charge in [0.05, 0.1) is 18.7 Å². The van der Waals surface area contributed by atoms with E-state index in [-0.39, 0.29) is 83.0 Å². The molecule has 1 saturated heterocycles. The van der Waals surface area contributed by atoms with Crippen molar-refractivity contribution in [1.29, 1.82) is 0 Å². The fourth-order valence-electron chi connectivity index (χ4n) is 6.87. The minimum atomic E-state index is -1.64. The lowest BCUT2D eigenvalue weighted by Gasteiger charge is -2.28. The van der Waals surface area contributed by atoms with Crippen molar-refractivity contribution in [3.8, 4) is 0 Å². The van der Waals surface area contributed by atoms with Gasteiger partial charge in [-0.05, 0) is 83.7 Å². The number of rotatable bonds is 29. The van der Waals surface area contributed by atoms with Crippen LogP contribution < -0.4 is 66.3 Å². The maximum Gasteiger partial charge on any atom is 0.326 e. The Labute approximate surface area is 383 Å². The second-order valence-corrected chi connectivity index (χ2v) is 15.9. The van der Waals surface area contributed by atoms with Gasteiger partial charge in [0, 0.05) is 26.1 Å². The molecule has 25 nitrogen and oxygen atoms in total. The van der Waals surface area contributed by atoms with Crippen LogP contribution in [0.15, 0.2) is 40.3 Å². The third-order valence-electron chi connectivity index (χ3n) is 10.4. The predicted octanol–water partition coefficient (Wildman–Crippen LogP) is -5.19. The molecule has 1 aromatic carbocycles. The molecule has 368 valence electrons. The average Bonchev–Trinajstić information content (AvgIpc) is 3.76. The molecule has 1 aliphatic heterocycles. The van der Waals surface area contributed by atoms with Gasteiger partial charge >= 0.3 is 5.97 Å². The molecule has 66 heavy (non-hydrogen) atoms. The van der Waals surface area contributed by atoms with Gasteiger partial charge in [-0.3, -0.25) is 43.5 Å². The Morgan fingerprint density at radius 2 is 1.26 bits per heavy atom. The summed E-state index contributed by atoms with van der Waals surface area (Å²) in [5.41, 5.74) is 33.8. The number of guanidine groups is 2. The molecular formula is C41H69N15O10. The molecule has 0 spiro atoms. The van der Waals surface area contributed by atoms with E-state index in [0.717, 1.165) is 0 Å². The van der Waals surface area contributed by atoms with Crippen LogP contribution in [-0.2, 0) is 44.8 Å². The number of nitrogens with one attached hydrogen (secondary N) is 6. The van der Waals surface area contributed by atoms with Gasteiger partial charge in [0.2, 0.25) is 41.4 Å². The first kappa shape index (κ1) is 55.5. The second-order valence-electron chi connectivity index (χ2n) is 15.9. The van der Waals surface area contributed by atoms with E-state index >= 15 is 0 Å². The van der Waals surface area contributed by atoms with Crippen molar-refractivity contribution < 1.29 is 48.6 Å². The number of carbonyl (C=O) groups excluding carboxylic acids is 7. The molecule has 0 unspecified atom stereocenters. The minimum Gasteiger partial charge on any atom is -0.480 e. The third-order valence-corrected chi connectivity index (χ3v) is 10.4. The number of carbonyl (C=O) groups is 8. The van der Waals surface area contributed by atoms with E-state index in [4.69, 9.17) is 34.4 Å². The van der Waals surface area contributed by atoms with Gasteiger partial charge in [-0.15, -0.1) is 0 Å². The van der Waals surface area contributed by atoms with Crippen LogP contribution in [-0.4, -0.2) is 155 Å². The molecule has 2 rings (SSSR count). The van der Waals surface area contributed by atoms with Gasteiger partial charge in [-0.1, -0.05) is 30.3 Å². The number of hydrogen-bond donors (Lipinski definition) is 14. The molecule has 25 heteroatoms. The molecule has 1 aromatic rings. The molecule has 7 amide bonds. The molecule has 1 heterocycles. The summed E-state index contributed by atoms with van der Waals surface area (Å²) >= 11 is 0. The zero-order chi connectivity index (χ0) is 49.3. The molecule has 0 radical (unpaired) electrons. The molecule has 0 bridgehead atoms. The summed E-state index contributed by atoms with van der Waals surface area (Å²) in [5, 5.41) is 35.6. The Kier molecular flexibility index (Phi) is 24.4. The molecule has 0 aromatic heterocycles. The van der Waals surface area contributed by atoms with Crippen molar-refractivity contribution in [2.45, 2.75) is 126 Å². The van der Waals surface area contributed by atoms with Crippen LogP contribution in [0, 0.1) is 0 Å². The topological polar surface area (TPSA) is 433 Å². The summed E-state index contributed by atoms with van der Waals surface area (Å²) in [7, 11) is 0. The van der Waals surface area contributed by atoms with Crippen molar-refractivity contribution >= 4 is 59.2 Å². The lowest BCUT2D eigenvalue weighted by Crippen LogP contribution is -2.61. The number of nitrogens with zero attached hydrogens (tertiary/aromatic N) is 3.